The molecule has 1 aliphatic heterocycles. The Morgan fingerprint density at radius 2 is 1.65 bits per heavy atom. The predicted molar refractivity (Wildman–Crippen MR) is 217 cm³/mol. The van der Waals surface area contributed by atoms with Crippen molar-refractivity contribution < 1.29 is 77.2 Å². The summed E-state index contributed by atoms with van der Waals surface area (Å²) in [7, 11) is 0. The van der Waals surface area contributed by atoms with Crippen LogP contribution in [0.1, 0.15) is 97.1 Å². The molecular formula is C45H56N2O16. The molecule has 2 aromatic rings. The molecule has 1 saturated heterocycles. The van der Waals surface area contributed by atoms with Crippen LogP contribution in [0.25, 0.3) is 0 Å². The van der Waals surface area contributed by atoms with Crippen molar-refractivity contribution in [3.05, 3.63) is 77.1 Å². The lowest BCUT2D eigenvalue weighted by molar-refractivity contribution is -0.346. The number of aliphatic hydroxyl groups excluding tert-OH is 2. The number of hydrogen-bond acceptors (Lipinski definition) is 17. The highest BCUT2D eigenvalue weighted by atomic mass is 16.7. The van der Waals surface area contributed by atoms with Gasteiger partial charge >= 0.3 is 30.2 Å². The van der Waals surface area contributed by atoms with Gasteiger partial charge in [0.2, 0.25) is 0 Å². The number of alkyl carbamates (subject to hydrolysis) is 1. The summed E-state index contributed by atoms with van der Waals surface area (Å²) in [5.74, 6) is -5.60. The summed E-state index contributed by atoms with van der Waals surface area (Å²) in [5.41, 5.74) is -8.76. The van der Waals surface area contributed by atoms with Crippen molar-refractivity contribution in [2.24, 2.45) is 16.7 Å². The van der Waals surface area contributed by atoms with Crippen molar-refractivity contribution in [3.8, 4) is 0 Å². The number of carbonyl (C=O) groups excluding carboxylic acids is 6. The third-order valence-electron chi connectivity index (χ3n) is 12.9. The Morgan fingerprint density at radius 3 is 2.22 bits per heavy atom. The molecule has 18 heteroatoms. The largest absolute Gasteiger partial charge is 0.509 e. The minimum absolute atomic E-state index is 0.0466. The molecule has 0 spiro atoms. The fraction of sp³-hybridized carbons (Fsp3) is 0.578. The van der Waals surface area contributed by atoms with Gasteiger partial charge in [0.25, 0.3) is 0 Å². The third kappa shape index (κ3) is 8.41. The molecule has 0 radical (unpaired) electrons. The predicted octanol–water partition coefficient (Wildman–Crippen LogP) is 3.84. The van der Waals surface area contributed by atoms with E-state index in [0.717, 1.165) is 6.92 Å². The number of esters is 3. The number of pyridine rings is 1. The van der Waals surface area contributed by atoms with E-state index in [1.54, 1.807) is 39.0 Å². The van der Waals surface area contributed by atoms with E-state index in [9.17, 15) is 39.3 Å². The van der Waals surface area contributed by atoms with Gasteiger partial charge in [-0.3, -0.25) is 14.6 Å². The number of nitrogens with zero attached hydrogens (tertiary/aromatic N) is 1. The molecule has 11 atom stereocenters. The number of Topliss-reactive ketones (excluding diaryl/α,β-unsaturated/α-hetero) is 1. The Morgan fingerprint density at radius 1 is 1.00 bits per heavy atom. The molecule has 1 aromatic heterocycles. The average molecular weight is 881 g/mol. The Bertz CT molecular complexity index is 2140. The highest BCUT2D eigenvalue weighted by molar-refractivity contribution is 5.95. The smallest absolute Gasteiger partial charge is 0.456 e. The second kappa shape index (κ2) is 17.3. The van der Waals surface area contributed by atoms with Gasteiger partial charge < -0.3 is 53.8 Å². The summed E-state index contributed by atoms with van der Waals surface area (Å²) in [4.78, 5) is 87.5. The molecule has 3 aliphatic carbocycles. The van der Waals surface area contributed by atoms with Crippen molar-refractivity contribution in [2.75, 3.05) is 13.2 Å². The van der Waals surface area contributed by atoms with Crippen LogP contribution in [-0.4, -0.2) is 123 Å². The van der Waals surface area contributed by atoms with E-state index in [1.807, 2.05) is 0 Å². The fourth-order valence-electron chi connectivity index (χ4n) is 9.80. The monoisotopic (exact) mass is 880 g/mol. The zero-order valence-corrected chi connectivity index (χ0v) is 36.7. The number of aliphatic hydroxyl groups is 3. The summed E-state index contributed by atoms with van der Waals surface area (Å²) in [5, 5.41) is 40.0. The molecule has 1 unspecified atom stereocenters. The van der Waals surface area contributed by atoms with E-state index in [2.05, 4.69) is 10.3 Å². The minimum Gasteiger partial charge on any atom is -0.456 e. The Labute approximate surface area is 364 Å². The second-order valence-corrected chi connectivity index (χ2v) is 18.2. The van der Waals surface area contributed by atoms with Crippen LogP contribution in [0.3, 0.4) is 0 Å². The molecule has 2 bridgehead atoms. The van der Waals surface area contributed by atoms with Crippen LogP contribution in [-0.2, 0) is 47.5 Å². The van der Waals surface area contributed by atoms with Crippen LogP contribution >= 0.6 is 0 Å². The van der Waals surface area contributed by atoms with Gasteiger partial charge in [0, 0.05) is 37.6 Å². The number of ketones is 1. The number of nitrogens with one attached hydrogen (secondary N) is 1. The molecular weight excluding hydrogens is 824 g/mol. The molecule has 4 aliphatic rings. The SMILES string of the molecule is CCOC(=O)O[C@H]1C(=O)[C@@]2(C)C([C@H](OC(=O)c3ccccc3)[C@]3(O)C[C@H](OC(=O)[C@H](O)[C@@H](NC(=O)OC(C)(C)C)c4ccncc4)C(C)=C1C3(C)C)[C@]1(OC(C)=O)CO[C@@H]1C[C@@H]2O. The molecule has 4 N–H and O–H groups in total. The van der Waals surface area contributed by atoms with Crippen LogP contribution in [0.15, 0.2) is 66.0 Å². The lowest BCUT2D eigenvalue weighted by Gasteiger charge is -2.67. The van der Waals surface area contributed by atoms with Crippen LogP contribution in [0.2, 0.25) is 0 Å². The summed E-state index contributed by atoms with van der Waals surface area (Å²) < 4.78 is 40.8. The third-order valence-corrected chi connectivity index (χ3v) is 12.9. The number of aromatic nitrogens is 1. The van der Waals surface area contributed by atoms with Crippen LogP contribution in [0.4, 0.5) is 9.59 Å². The van der Waals surface area contributed by atoms with Crippen molar-refractivity contribution in [1.29, 1.82) is 0 Å². The van der Waals surface area contributed by atoms with E-state index in [0.29, 0.717) is 0 Å². The Kier molecular flexibility index (Phi) is 12.9. The van der Waals surface area contributed by atoms with Crippen molar-refractivity contribution in [2.45, 2.75) is 135 Å². The van der Waals surface area contributed by atoms with Gasteiger partial charge in [-0.25, -0.2) is 19.2 Å². The van der Waals surface area contributed by atoms with Gasteiger partial charge in [-0.2, -0.15) is 0 Å². The highest BCUT2D eigenvalue weighted by Gasteiger charge is 2.78. The Balaban J connectivity index is 1.55. The van der Waals surface area contributed by atoms with Gasteiger partial charge in [-0.15, -0.1) is 0 Å². The van der Waals surface area contributed by atoms with Crippen LogP contribution in [0.5, 0.6) is 0 Å². The van der Waals surface area contributed by atoms with E-state index < -0.39 is 119 Å². The maximum atomic E-state index is 15.6. The van der Waals surface area contributed by atoms with Crippen LogP contribution < -0.4 is 5.32 Å². The first-order valence-corrected chi connectivity index (χ1v) is 20.8. The molecule has 1 aromatic carbocycles. The molecule has 6 rings (SSSR count). The minimum atomic E-state index is -2.45. The first-order valence-electron chi connectivity index (χ1n) is 20.8. The molecule has 63 heavy (non-hydrogen) atoms. The first-order chi connectivity index (χ1) is 29.4. The topological polar surface area (TPSA) is 253 Å². The number of ether oxygens (including phenoxy) is 7. The summed E-state index contributed by atoms with van der Waals surface area (Å²) >= 11 is 0. The van der Waals surface area contributed by atoms with Crippen molar-refractivity contribution in [1.82, 2.24) is 10.3 Å². The van der Waals surface area contributed by atoms with Crippen molar-refractivity contribution >= 4 is 35.9 Å². The molecule has 342 valence electrons. The average Bonchev–Trinajstić information content (AvgIpc) is 3.20. The Hall–Kier alpha value is -5.43. The molecule has 3 fully saturated rings. The van der Waals surface area contributed by atoms with Gasteiger partial charge in [0.15, 0.2) is 23.6 Å². The number of rotatable bonds is 10. The molecule has 18 nitrogen and oxygen atoms in total. The lowest BCUT2D eigenvalue weighted by atomic mass is 9.44. The quantitative estimate of drug-likeness (QED) is 0.150. The van der Waals surface area contributed by atoms with Gasteiger partial charge in [0.05, 0.1) is 42.3 Å². The number of fused-ring (bicyclic) bond motifs is 5. The first kappa shape index (κ1) is 47.1. The summed E-state index contributed by atoms with van der Waals surface area (Å²) in [6.45, 7) is 12.9. The number of carbonyl (C=O) groups is 6. The van der Waals surface area contributed by atoms with E-state index in [-0.39, 0.29) is 41.9 Å². The normalized spacial score (nSPS) is 31.8. The zero-order chi connectivity index (χ0) is 46.4. The van der Waals surface area contributed by atoms with Gasteiger partial charge in [-0.05, 0) is 82.5 Å². The zero-order valence-electron chi connectivity index (χ0n) is 36.7. The summed E-state index contributed by atoms with van der Waals surface area (Å²) in [6, 6.07) is 9.22. The second-order valence-electron chi connectivity index (χ2n) is 18.2. The molecule has 2 heterocycles. The van der Waals surface area contributed by atoms with E-state index >= 15 is 4.79 Å². The summed E-state index contributed by atoms with van der Waals surface area (Å²) in [6.07, 6.45) is -10.5. The van der Waals surface area contributed by atoms with E-state index in [1.165, 1.54) is 71.3 Å². The number of benzene rings is 1. The lowest BCUT2D eigenvalue weighted by Crippen LogP contribution is -2.82. The van der Waals surface area contributed by atoms with Crippen LogP contribution in [0, 0.1) is 16.7 Å². The van der Waals surface area contributed by atoms with Gasteiger partial charge in [0.1, 0.15) is 29.5 Å². The van der Waals surface area contributed by atoms with Gasteiger partial charge in [-0.1, -0.05) is 32.0 Å². The van der Waals surface area contributed by atoms with Crippen molar-refractivity contribution in [3.63, 3.8) is 0 Å². The highest BCUT2D eigenvalue weighted by Crippen LogP contribution is 2.64. The van der Waals surface area contributed by atoms with E-state index in [4.69, 9.17) is 33.2 Å². The standard InChI is InChI=1S/C45H56N2O16/c1-10-57-40(55)60-33-30-23(2)27(59-38(53)32(50)31(25-16-18-46-19-17-25)47-39(54)63-41(4,5)6)21-45(56,42(30,7)8)36(61-37(52)26-14-12-11-13-15-26)34-43(9,35(33)51)28(49)20-29-44(34,22-58-29)62-24(3)48/h11-19,27-29,31-34,36,49-50,56H,10,20-22H2,1-9H3,(H,47,54)/t27-,28-,29+,31-,32+,33+,34?,36-,43+,44-,45+/m0/s1. The molecule has 1 amide bonds. The fourth-order valence-corrected chi connectivity index (χ4v) is 9.80. The maximum Gasteiger partial charge on any atom is 0.509 e. The number of hydrogen-bond donors (Lipinski definition) is 4. The molecule has 2 saturated carbocycles. The maximum absolute atomic E-state index is 15.6. The number of amides is 1.